The Labute approximate surface area is 128 Å². The van der Waals surface area contributed by atoms with Gasteiger partial charge in [0.15, 0.2) is 0 Å². The Morgan fingerprint density at radius 3 is 2.77 bits per heavy atom. The van der Waals surface area contributed by atoms with E-state index in [4.69, 9.17) is 4.74 Å². The van der Waals surface area contributed by atoms with E-state index in [0.717, 1.165) is 6.42 Å². The quantitative estimate of drug-likeness (QED) is 0.845. The average molecular weight is 304 g/mol. The number of hydrogen-bond acceptors (Lipinski definition) is 5. The molecule has 22 heavy (non-hydrogen) atoms. The molecule has 0 aliphatic rings. The lowest BCUT2D eigenvalue weighted by Crippen LogP contribution is -2.21. The van der Waals surface area contributed by atoms with Crippen molar-refractivity contribution in [2.45, 2.75) is 33.6 Å². The summed E-state index contributed by atoms with van der Waals surface area (Å²) in [7, 11) is 0. The van der Waals surface area contributed by atoms with Crippen LogP contribution < -0.4 is 5.56 Å². The van der Waals surface area contributed by atoms with Crippen LogP contribution in [0.1, 0.15) is 32.8 Å². The number of carbonyl (C=O) groups excluding carboxylic acids is 1. The highest BCUT2D eigenvalue weighted by atomic mass is 16.5. The molecule has 1 N–H and O–H groups in total. The Kier molecular flexibility index (Phi) is 4.75. The third-order valence-electron chi connectivity index (χ3n) is 3.03. The molecular weight excluding hydrogens is 284 g/mol. The number of aromatic amines is 1. The van der Waals surface area contributed by atoms with Gasteiger partial charge >= 0.3 is 5.97 Å². The van der Waals surface area contributed by atoms with Crippen LogP contribution in [0.15, 0.2) is 29.5 Å². The molecule has 118 valence electrons. The van der Waals surface area contributed by atoms with Crippen molar-refractivity contribution in [3.63, 3.8) is 0 Å². The topological polar surface area (TPSA) is 89.9 Å². The molecule has 7 heteroatoms. The maximum absolute atomic E-state index is 12.0. The number of ether oxygens (including phenoxy) is 1. The summed E-state index contributed by atoms with van der Waals surface area (Å²) < 4.78 is 6.58. The van der Waals surface area contributed by atoms with Gasteiger partial charge in [-0.3, -0.25) is 14.6 Å². The zero-order valence-corrected chi connectivity index (χ0v) is 13.0. The van der Waals surface area contributed by atoms with Crippen molar-refractivity contribution in [1.82, 2.24) is 19.7 Å². The molecular formula is C15H20N4O3. The van der Waals surface area contributed by atoms with Gasteiger partial charge in [0.2, 0.25) is 5.95 Å². The molecule has 2 aromatic heterocycles. The Morgan fingerprint density at radius 2 is 2.18 bits per heavy atom. The average Bonchev–Trinajstić information content (AvgIpc) is 2.93. The highest BCUT2D eigenvalue weighted by Crippen LogP contribution is 2.17. The van der Waals surface area contributed by atoms with Crippen molar-refractivity contribution < 1.29 is 9.53 Å². The van der Waals surface area contributed by atoms with Gasteiger partial charge in [-0.2, -0.15) is 5.10 Å². The van der Waals surface area contributed by atoms with Gasteiger partial charge in [0, 0.05) is 24.2 Å². The van der Waals surface area contributed by atoms with E-state index in [9.17, 15) is 9.59 Å². The summed E-state index contributed by atoms with van der Waals surface area (Å²) in [6, 6.07) is 1.72. The van der Waals surface area contributed by atoms with Crippen LogP contribution in [0, 0.1) is 5.41 Å². The van der Waals surface area contributed by atoms with Gasteiger partial charge in [-0.1, -0.05) is 20.8 Å². The highest BCUT2D eigenvalue weighted by Gasteiger charge is 2.13. The Bertz CT molecular complexity index is 684. The lowest BCUT2D eigenvalue weighted by molar-refractivity contribution is -0.143. The number of rotatable bonds is 5. The first-order chi connectivity index (χ1) is 10.3. The first-order valence-corrected chi connectivity index (χ1v) is 7.09. The second-order valence-electron chi connectivity index (χ2n) is 6.22. The predicted octanol–water partition coefficient (Wildman–Crippen LogP) is 1.48. The van der Waals surface area contributed by atoms with Crippen LogP contribution in [0.5, 0.6) is 0 Å². The number of esters is 1. The highest BCUT2D eigenvalue weighted by molar-refractivity contribution is 5.72. The molecule has 0 spiro atoms. The zero-order chi connectivity index (χ0) is 16.2. The van der Waals surface area contributed by atoms with E-state index < -0.39 is 5.97 Å². The molecule has 0 unspecified atom stereocenters. The minimum atomic E-state index is -0.427. The number of nitrogens with zero attached hydrogens (tertiary/aromatic N) is 3. The van der Waals surface area contributed by atoms with E-state index >= 15 is 0 Å². The van der Waals surface area contributed by atoms with Gasteiger partial charge in [0.1, 0.15) is 0 Å². The normalized spacial score (nSPS) is 11.4. The number of hydrogen-bond donors (Lipinski definition) is 1. The van der Waals surface area contributed by atoms with Crippen LogP contribution in [0.4, 0.5) is 0 Å². The second kappa shape index (κ2) is 6.55. The standard InChI is InChI=1S/C15H20N4O3/c1-15(2,3)5-8-22-12(20)9-11-10-16-14(18-13(11)21)19-7-4-6-17-19/h4,6-7,10H,5,8-9H2,1-3H3,(H,16,18,21). The molecule has 0 fully saturated rings. The van der Waals surface area contributed by atoms with E-state index in [0.29, 0.717) is 12.6 Å². The molecule has 0 saturated heterocycles. The van der Waals surface area contributed by atoms with E-state index in [1.807, 2.05) is 0 Å². The fourth-order valence-electron chi connectivity index (χ4n) is 1.73. The van der Waals surface area contributed by atoms with Crippen molar-refractivity contribution >= 4 is 5.97 Å². The number of nitrogens with one attached hydrogen (secondary N) is 1. The molecule has 0 aliphatic heterocycles. The lowest BCUT2D eigenvalue weighted by Gasteiger charge is -2.17. The molecule has 2 rings (SSSR count). The van der Waals surface area contributed by atoms with Crippen molar-refractivity contribution in [3.8, 4) is 5.95 Å². The Hall–Kier alpha value is -2.44. The molecule has 0 aliphatic carbocycles. The minimum absolute atomic E-state index is 0.0914. The molecule has 0 saturated carbocycles. The van der Waals surface area contributed by atoms with Gasteiger partial charge in [-0.05, 0) is 17.9 Å². The van der Waals surface area contributed by atoms with Gasteiger partial charge in [0.05, 0.1) is 13.0 Å². The first-order valence-electron chi connectivity index (χ1n) is 7.09. The van der Waals surface area contributed by atoms with Gasteiger partial charge in [0.25, 0.3) is 5.56 Å². The van der Waals surface area contributed by atoms with Crippen molar-refractivity contribution in [1.29, 1.82) is 0 Å². The van der Waals surface area contributed by atoms with Crippen LogP contribution in [-0.4, -0.2) is 32.3 Å². The third kappa shape index (κ3) is 4.54. The van der Waals surface area contributed by atoms with Crippen molar-refractivity contribution in [2.24, 2.45) is 5.41 Å². The van der Waals surface area contributed by atoms with Gasteiger partial charge in [-0.25, -0.2) is 9.67 Å². The van der Waals surface area contributed by atoms with E-state index in [1.165, 1.54) is 10.9 Å². The molecule has 2 aromatic rings. The van der Waals surface area contributed by atoms with E-state index in [1.54, 1.807) is 18.5 Å². The van der Waals surface area contributed by atoms with E-state index in [2.05, 4.69) is 35.8 Å². The molecule has 2 heterocycles. The first kappa shape index (κ1) is 15.9. The molecule has 0 bridgehead atoms. The number of aromatic nitrogens is 4. The van der Waals surface area contributed by atoms with Crippen LogP contribution in [0.25, 0.3) is 5.95 Å². The number of H-pyrrole nitrogens is 1. The summed E-state index contributed by atoms with van der Waals surface area (Å²) >= 11 is 0. The van der Waals surface area contributed by atoms with Crippen molar-refractivity contribution in [3.05, 3.63) is 40.6 Å². The third-order valence-corrected chi connectivity index (χ3v) is 3.03. The fourth-order valence-corrected chi connectivity index (χ4v) is 1.73. The Balaban J connectivity index is 1.96. The van der Waals surface area contributed by atoms with Crippen LogP contribution in [0.2, 0.25) is 0 Å². The van der Waals surface area contributed by atoms with Crippen LogP contribution >= 0.6 is 0 Å². The predicted molar refractivity (Wildman–Crippen MR) is 80.7 cm³/mol. The molecule has 0 amide bonds. The lowest BCUT2D eigenvalue weighted by atomic mass is 9.93. The van der Waals surface area contributed by atoms with Crippen molar-refractivity contribution in [2.75, 3.05) is 6.61 Å². The largest absolute Gasteiger partial charge is 0.465 e. The summed E-state index contributed by atoms with van der Waals surface area (Å²) in [5.41, 5.74) is 0.00925. The van der Waals surface area contributed by atoms with E-state index in [-0.39, 0.29) is 23.0 Å². The van der Waals surface area contributed by atoms with Crippen LogP contribution in [-0.2, 0) is 16.0 Å². The summed E-state index contributed by atoms with van der Waals surface area (Å²) in [5.74, 6) is -0.122. The Morgan fingerprint density at radius 1 is 1.41 bits per heavy atom. The molecule has 7 nitrogen and oxygen atoms in total. The zero-order valence-electron chi connectivity index (χ0n) is 13.0. The minimum Gasteiger partial charge on any atom is -0.465 e. The van der Waals surface area contributed by atoms with Crippen LogP contribution in [0.3, 0.4) is 0 Å². The fraction of sp³-hybridized carbons (Fsp3) is 0.467. The molecule has 0 atom stereocenters. The maximum atomic E-state index is 12.0. The SMILES string of the molecule is CC(C)(C)CCOC(=O)Cc1cnc(-n2cccn2)[nH]c1=O. The summed E-state index contributed by atoms with van der Waals surface area (Å²) in [6.07, 6.45) is 5.30. The smallest absolute Gasteiger partial charge is 0.310 e. The van der Waals surface area contributed by atoms with Gasteiger partial charge in [-0.15, -0.1) is 0 Å². The summed E-state index contributed by atoms with van der Waals surface area (Å²) in [6.45, 7) is 6.56. The summed E-state index contributed by atoms with van der Waals surface area (Å²) in [4.78, 5) is 30.4. The van der Waals surface area contributed by atoms with Gasteiger partial charge < -0.3 is 4.74 Å². The maximum Gasteiger partial charge on any atom is 0.310 e. The molecule has 0 radical (unpaired) electrons. The molecule has 0 aromatic carbocycles. The summed E-state index contributed by atoms with van der Waals surface area (Å²) in [5, 5.41) is 3.97. The monoisotopic (exact) mass is 304 g/mol. The second-order valence-corrected chi connectivity index (χ2v) is 6.22. The number of carbonyl (C=O) groups is 1.